The zero-order valence-electron chi connectivity index (χ0n) is 21.3. The third kappa shape index (κ3) is 4.99. The van der Waals surface area contributed by atoms with E-state index in [4.69, 9.17) is 15.7 Å². The van der Waals surface area contributed by atoms with Crippen LogP contribution >= 0.6 is 0 Å². The number of aryl methyl sites for hydroxylation is 1. The fraction of sp³-hybridized carbons (Fsp3) is 0.379. The highest BCUT2D eigenvalue weighted by atomic mass is 15.2. The van der Waals surface area contributed by atoms with Gasteiger partial charge in [-0.15, -0.1) is 0 Å². The van der Waals surface area contributed by atoms with Gasteiger partial charge in [-0.3, -0.25) is 5.10 Å². The molecule has 4 N–H and O–H groups in total. The maximum atomic E-state index is 6.23. The topological polar surface area (TPSA) is 109 Å². The first kappa shape index (κ1) is 23.8. The molecule has 8 nitrogen and oxygen atoms in total. The molecule has 0 radical (unpaired) electrons. The lowest BCUT2D eigenvalue weighted by Crippen LogP contribution is -2.34. The smallest absolute Gasteiger partial charge is 0.203 e. The number of piperidine rings is 1. The summed E-state index contributed by atoms with van der Waals surface area (Å²) in [7, 11) is 0. The van der Waals surface area contributed by atoms with E-state index in [9.17, 15) is 0 Å². The Hall–Kier alpha value is -3.62. The van der Waals surface area contributed by atoms with Gasteiger partial charge in [-0.1, -0.05) is 49.4 Å². The number of hydrogen-bond donors (Lipinski definition) is 3. The number of aromatic nitrogens is 5. The molecule has 0 saturated carbocycles. The van der Waals surface area contributed by atoms with E-state index < -0.39 is 0 Å². The average molecular weight is 495 g/mol. The maximum Gasteiger partial charge on any atom is 0.203 e. The molecule has 4 aromatic rings. The highest BCUT2D eigenvalue weighted by Crippen LogP contribution is 2.31. The Labute approximate surface area is 217 Å². The lowest BCUT2D eigenvalue weighted by Gasteiger charge is -2.30. The van der Waals surface area contributed by atoms with Crippen LogP contribution in [0.3, 0.4) is 0 Å². The molecule has 1 saturated heterocycles. The molecule has 0 bridgehead atoms. The molecule has 3 heterocycles. The van der Waals surface area contributed by atoms with Crippen molar-refractivity contribution in [3.63, 3.8) is 0 Å². The summed E-state index contributed by atoms with van der Waals surface area (Å²) in [6, 6.07) is 17.6. The lowest BCUT2D eigenvalue weighted by molar-refractivity contribution is 0.214. The van der Waals surface area contributed by atoms with E-state index in [1.165, 1.54) is 23.1 Å². The standard InChI is InChI=1S/C29H34N8/c1-2-37-14-6-10-22(18-37)28-34-29(36-35-28)26-27(30)32-17-25(33-26)21-9-5-7-19(15-21)16-31-24-13-12-20-8-3-4-11-23(20)24/h3-5,7-9,11,15,17,22,24,31H,2,6,10,12-14,16,18H2,1H3,(H2,30,32)(H,34,35,36)/t22?,24-/m0/s1. The van der Waals surface area contributed by atoms with Crippen molar-refractivity contribution in [2.45, 2.75) is 51.1 Å². The minimum Gasteiger partial charge on any atom is -0.382 e. The number of benzene rings is 2. The van der Waals surface area contributed by atoms with E-state index in [1.807, 2.05) is 0 Å². The summed E-state index contributed by atoms with van der Waals surface area (Å²) in [5.41, 5.74) is 12.6. The van der Waals surface area contributed by atoms with Gasteiger partial charge in [-0.2, -0.15) is 5.10 Å². The number of hydrogen-bond acceptors (Lipinski definition) is 7. The highest BCUT2D eigenvalue weighted by molar-refractivity contribution is 5.69. The van der Waals surface area contributed by atoms with Crippen molar-refractivity contribution in [1.82, 2.24) is 35.4 Å². The van der Waals surface area contributed by atoms with Crippen molar-refractivity contribution in [2.75, 3.05) is 25.4 Å². The van der Waals surface area contributed by atoms with E-state index in [2.05, 4.69) is 80.9 Å². The van der Waals surface area contributed by atoms with Crippen LogP contribution in [0.25, 0.3) is 22.8 Å². The van der Waals surface area contributed by atoms with Crippen LogP contribution in [0, 0.1) is 0 Å². The molecule has 1 unspecified atom stereocenters. The number of nitrogens with two attached hydrogens (primary N) is 1. The highest BCUT2D eigenvalue weighted by Gasteiger charge is 2.25. The number of fused-ring (bicyclic) bond motifs is 1. The summed E-state index contributed by atoms with van der Waals surface area (Å²) < 4.78 is 0. The van der Waals surface area contributed by atoms with Crippen molar-refractivity contribution in [2.24, 2.45) is 0 Å². The number of rotatable bonds is 7. The number of likely N-dealkylation sites (N-methyl/N-ethyl adjacent to an activating group) is 1. The minimum absolute atomic E-state index is 0.339. The zero-order chi connectivity index (χ0) is 25.2. The Morgan fingerprint density at radius 3 is 2.95 bits per heavy atom. The zero-order valence-corrected chi connectivity index (χ0v) is 21.3. The molecule has 0 spiro atoms. The SMILES string of the molecule is CCN1CCCC(c2nc(-c3nc(-c4cccc(CN[C@H]5CCc6ccccc65)c4)cnc3N)n[nH]2)C1. The molecule has 37 heavy (non-hydrogen) atoms. The minimum atomic E-state index is 0.339. The van der Waals surface area contributed by atoms with Gasteiger partial charge in [-0.25, -0.2) is 15.0 Å². The Bertz CT molecular complexity index is 1380. The third-order valence-corrected chi connectivity index (χ3v) is 7.76. The van der Waals surface area contributed by atoms with Gasteiger partial charge < -0.3 is 16.0 Å². The van der Waals surface area contributed by atoms with Gasteiger partial charge in [0, 0.05) is 30.6 Å². The molecule has 190 valence electrons. The second-order valence-corrected chi connectivity index (χ2v) is 10.1. The predicted molar refractivity (Wildman–Crippen MR) is 146 cm³/mol. The molecular formula is C29H34N8. The molecule has 6 rings (SSSR count). The number of nitrogens with one attached hydrogen (secondary N) is 2. The molecule has 1 aliphatic carbocycles. The Morgan fingerprint density at radius 2 is 2.03 bits per heavy atom. The van der Waals surface area contributed by atoms with E-state index in [0.717, 1.165) is 62.5 Å². The van der Waals surface area contributed by atoms with Gasteiger partial charge in [0.15, 0.2) is 11.5 Å². The van der Waals surface area contributed by atoms with Gasteiger partial charge in [0.1, 0.15) is 5.82 Å². The fourth-order valence-electron chi connectivity index (χ4n) is 5.68. The summed E-state index contributed by atoms with van der Waals surface area (Å²) in [5.74, 6) is 2.10. The lowest BCUT2D eigenvalue weighted by atomic mass is 9.97. The van der Waals surface area contributed by atoms with Gasteiger partial charge in [0.05, 0.1) is 11.9 Å². The molecule has 1 aliphatic heterocycles. The van der Waals surface area contributed by atoms with Crippen LogP contribution < -0.4 is 11.1 Å². The van der Waals surface area contributed by atoms with Crippen LogP contribution in [0.5, 0.6) is 0 Å². The largest absolute Gasteiger partial charge is 0.382 e. The first-order valence-electron chi connectivity index (χ1n) is 13.4. The van der Waals surface area contributed by atoms with Gasteiger partial charge in [0.2, 0.25) is 5.82 Å². The number of nitrogens with zero attached hydrogens (tertiary/aromatic N) is 5. The van der Waals surface area contributed by atoms with Crippen molar-refractivity contribution in [1.29, 1.82) is 0 Å². The first-order chi connectivity index (χ1) is 18.2. The van der Waals surface area contributed by atoms with E-state index in [0.29, 0.717) is 29.3 Å². The molecule has 2 atom stereocenters. The summed E-state index contributed by atoms with van der Waals surface area (Å²) in [5, 5.41) is 11.4. The van der Waals surface area contributed by atoms with Crippen molar-refractivity contribution in [3.05, 3.63) is 77.2 Å². The van der Waals surface area contributed by atoms with Gasteiger partial charge in [-0.05, 0) is 61.5 Å². The van der Waals surface area contributed by atoms with E-state index in [1.54, 1.807) is 6.20 Å². The van der Waals surface area contributed by atoms with Crippen LogP contribution in [0.2, 0.25) is 0 Å². The average Bonchev–Trinajstić information content (AvgIpc) is 3.60. The summed E-state index contributed by atoms with van der Waals surface area (Å²) >= 11 is 0. The van der Waals surface area contributed by atoms with E-state index >= 15 is 0 Å². The number of aromatic amines is 1. The summed E-state index contributed by atoms with van der Waals surface area (Å²) in [4.78, 5) is 16.5. The van der Waals surface area contributed by atoms with Gasteiger partial charge >= 0.3 is 0 Å². The molecule has 0 amide bonds. The van der Waals surface area contributed by atoms with Crippen LogP contribution in [-0.4, -0.2) is 49.7 Å². The second kappa shape index (κ2) is 10.4. The molecular weight excluding hydrogens is 460 g/mol. The fourth-order valence-corrected chi connectivity index (χ4v) is 5.68. The van der Waals surface area contributed by atoms with Crippen LogP contribution in [-0.2, 0) is 13.0 Å². The molecule has 2 aliphatic rings. The normalized spacial score (nSPS) is 19.7. The Kier molecular flexibility index (Phi) is 6.68. The maximum absolute atomic E-state index is 6.23. The van der Waals surface area contributed by atoms with Crippen molar-refractivity contribution in [3.8, 4) is 22.8 Å². The number of likely N-dealkylation sites (tertiary alicyclic amines) is 1. The molecule has 2 aromatic carbocycles. The third-order valence-electron chi connectivity index (χ3n) is 7.76. The Balaban J connectivity index is 1.19. The van der Waals surface area contributed by atoms with Crippen LogP contribution in [0.4, 0.5) is 5.82 Å². The van der Waals surface area contributed by atoms with E-state index in [-0.39, 0.29) is 0 Å². The number of nitrogen functional groups attached to an aromatic ring is 1. The van der Waals surface area contributed by atoms with Crippen molar-refractivity contribution >= 4 is 5.82 Å². The quantitative estimate of drug-likeness (QED) is 0.347. The predicted octanol–water partition coefficient (Wildman–Crippen LogP) is 4.49. The van der Waals surface area contributed by atoms with Gasteiger partial charge in [0.25, 0.3) is 0 Å². The number of H-pyrrole nitrogens is 1. The molecule has 1 fully saturated rings. The number of anilines is 1. The van der Waals surface area contributed by atoms with Crippen LogP contribution in [0.15, 0.2) is 54.7 Å². The molecule has 8 heteroatoms. The monoisotopic (exact) mass is 494 g/mol. The second-order valence-electron chi connectivity index (χ2n) is 10.1. The summed E-state index contributed by atoms with van der Waals surface area (Å²) in [6.45, 7) is 6.20. The Morgan fingerprint density at radius 1 is 1.11 bits per heavy atom. The van der Waals surface area contributed by atoms with Crippen LogP contribution in [0.1, 0.15) is 60.7 Å². The summed E-state index contributed by atoms with van der Waals surface area (Å²) in [6.07, 6.45) is 6.29. The van der Waals surface area contributed by atoms with Crippen molar-refractivity contribution < 1.29 is 0 Å². The first-order valence-corrected chi connectivity index (χ1v) is 13.4. The molecule has 2 aromatic heterocycles.